The summed E-state index contributed by atoms with van der Waals surface area (Å²) in [7, 11) is 1.54. The zero-order chi connectivity index (χ0) is 16.5. The fourth-order valence-corrected chi connectivity index (χ4v) is 1.78. The molecule has 23 heavy (non-hydrogen) atoms. The maximum Gasteiger partial charge on any atom is 0.252 e. The van der Waals surface area contributed by atoms with Crippen molar-refractivity contribution in [3.8, 4) is 23.3 Å². The largest absolute Gasteiger partial charge is 0.497 e. The Morgan fingerprint density at radius 2 is 2.00 bits per heavy atom. The zero-order valence-corrected chi connectivity index (χ0v) is 12.6. The Kier molecular flexibility index (Phi) is 6.01. The Hall–Kier alpha value is -3.00. The average molecular weight is 313 g/mol. The summed E-state index contributed by atoms with van der Waals surface area (Å²) in [5.74, 6) is 5.55. The first-order valence-electron chi connectivity index (χ1n) is 6.96. The summed E-state index contributed by atoms with van der Waals surface area (Å²) in [5, 5.41) is 2.66. The molecule has 1 N–H and O–H groups in total. The molecule has 2 aromatic carbocycles. The van der Waals surface area contributed by atoms with Gasteiger partial charge in [0.15, 0.2) is 11.6 Å². The van der Waals surface area contributed by atoms with Gasteiger partial charge < -0.3 is 14.8 Å². The van der Waals surface area contributed by atoms with Gasteiger partial charge in [-0.25, -0.2) is 4.39 Å². The molecular weight excluding hydrogens is 297 g/mol. The molecule has 0 fully saturated rings. The van der Waals surface area contributed by atoms with Crippen LogP contribution in [0.15, 0.2) is 48.5 Å². The molecule has 0 unspecified atom stereocenters. The first kappa shape index (κ1) is 16.4. The van der Waals surface area contributed by atoms with Crippen molar-refractivity contribution < 1.29 is 18.7 Å². The zero-order valence-electron chi connectivity index (χ0n) is 12.6. The molecule has 0 aliphatic heterocycles. The van der Waals surface area contributed by atoms with E-state index in [1.807, 2.05) is 0 Å². The van der Waals surface area contributed by atoms with Gasteiger partial charge >= 0.3 is 0 Å². The third-order valence-corrected chi connectivity index (χ3v) is 2.93. The maximum absolute atomic E-state index is 13.3. The number of halogens is 1. The predicted molar refractivity (Wildman–Crippen MR) is 85.0 cm³/mol. The molecule has 0 spiro atoms. The van der Waals surface area contributed by atoms with Gasteiger partial charge in [0.25, 0.3) is 5.91 Å². The van der Waals surface area contributed by atoms with E-state index < -0.39 is 5.82 Å². The Bertz CT molecular complexity index is 734. The van der Waals surface area contributed by atoms with Gasteiger partial charge in [-0.3, -0.25) is 4.79 Å². The lowest BCUT2D eigenvalue weighted by atomic mass is 10.2. The molecule has 5 heteroatoms. The van der Waals surface area contributed by atoms with E-state index in [1.165, 1.54) is 19.2 Å². The summed E-state index contributed by atoms with van der Waals surface area (Å²) in [4.78, 5) is 11.9. The number of carbonyl (C=O) groups is 1. The summed E-state index contributed by atoms with van der Waals surface area (Å²) in [6.07, 6.45) is 0. The third kappa shape index (κ3) is 5.04. The van der Waals surface area contributed by atoms with Gasteiger partial charge in [-0.2, -0.15) is 0 Å². The van der Waals surface area contributed by atoms with E-state index in [-0.39, 0.29) is 24.8 Å². The smallest absolute Gasteiger partial charge is 0.252 e. The van der Waals surface area contributed by atoms with Gasteiger partial charge in [0.2, 0.25) is 0 Å². The minimum atomic E-state index is -0.430. The van der Waals surface area contributed by atoms with E-state index >= 15 is 0 Å². The Morgan fingerprint density at radius 1 is 1.17 bits per heavy atom. The summed E-state index contributed by atoms with van der Waals surface area (Å²) in [6.45, 7) is 0.229. The molecule has 4 nitrogen and oxygen atoms in total. The topological polar surface area (TPSA) is 47.6 Å². The van der Waals surface area contributed by atoms with Crippen molar-refractivity contribution in [2.45, 2.75) is 0 Å². The van der Waals surface area contributed by atoms with E-state index in [1.54, 1.807) is 36.4 Å². The van der Waals surface area contributed by atoms with E-state index in [2.05, 4.69) is 17.2 Å². The molecule has 0 aliphatic carbocycles. The number of carbonyl (C=O) groups excluding carboxylic acids is 1. The molecule has 0 saturated heterocycles. The van der Waals surface area contributed by atoms with Crippen LogP contribution in [-0.2, 0) is 0 Å². The van der Waals surface area contributed by atoms with Gasteiger partial charge in [-0.1, -0.05) is 30.0 Å². The standard InChI is InChI=1S/C18H16FNO3/c1-22-15-8-6-7-14(13-15)18(21)20-11-4-5-12-23-17-10-3-2-9-16(17)19/h2-3,6-10,13H,11-12H2,1H3,(H,20,21). The maximum atomic E-state index is 13.3. The fourth-order valence-electron chi connectivity index (χ4n) is 1.78. The number of rotatable bonds is 5. The fraction of sp³-hybridized carbons (Fsp3) is 0.167. The van der Waals surface area contributed by atoms with E-state index in [0.29, 0.717) is 11.3 Å². The molecule has 1 amide bonds. The highest BCUT2D eigenvalue weighted by molar-refractivity contribution is 5.94. The van der Waals surface area contributed by atoms with Crippen LogP contribution >= 0.6 is 0 Å². The molecular formula is C18H16FNO3. The molecule has 2 aromatic rings. The highest BCUT2D eigenvalue weighted by Gasteiger charge is 2.04. The van der Waals surface area contributed by atoms with Crippen LogP contribution in [0.5, 0.6) is 11.5 Å². The van der Waals surface area contributed by atoms with Gasteiger partial charge in [0.05, 0.1) is 13.7 Å². The molecule has 118 valence electrons. The lowest BCUT2D eigenvalue weighted by molar-refractivity contribution is 0.0958. The van der Waals surface area contributed by atoms with E-state index in [4.69, 9.17) is 9.47 Å². The van der Waals surface area contributed by atoms with Crippen molar-refractivity contribution >= 4 is 5.91 Å². The number of para-hydroxylation sites is 1. The Balaban J connectivity index is 1.77. The van der Waals surface area contributed by atoms with Crippen LogP contribution in [0, 0.1) is 17.7 Å². The number of hydrogen-bond acceptors (Lipinski definition) is 3. The molecule has 0 saturated carbocycles. The minimum absolute atomic E-state index is 0.0516. The van der Waals surface area contributed by atoms with Gasteiger partial charge in [0.1, 0.15) is 12.4 Å². The van der Waals surface area contributed by atoms with Crippen LogP contribution in [0.4, 0.5) is 4.39 Å². The van der Waals surface area contributed by atoms with Crippen LogP contribution in [0.25, 0.3) is 0 Å². The molecule has 0 heterocycles. The van der Waals surface area contributed by atoms with Crippen molar-refractivity contribution in [2.75, 3.05) is 20.3 Å². The van der Waals surface area contributed by atoms with Gasteiger partial charge in [-0.15, -0.1) is 0 Å². The number of nitrogens with one attached hydrogen (secondary N) is 1. The molecule has 2 rings (SSSR count). The number of methoxy groups -OCH3 is 1. The number of amides is 1. The van der Waals surface area contributed by atoms with Crippen LogP contribution in [-0.4, -0.2) is 26.2 Å². The predicted octanol–water partition coefficient (Wildman–Crippen LogP) is 2.65. The van der Waals surface area contributed by atoms with Crippen LogP contribution < -0.4 is 14.8 Å². The molecule has 0 bridgehead atoms. The first-order chi connectivity index (χ1) is 11.2. The Labute approximate surface area is 134 Å². The third-order valence-electron chi connectivity index (χ3n) is 2.93. The quantitative estimate of drug-likeness (QED) is 0.863. The molecule has 0 aliphatic rings. The van der Waals surface area contributed by atoms with Crippen LogP contribution in [0.3, 0.4) is 0 Å². The van der Waals surface area contributed by atoms with Crippen molar-refractivity contribution in [1.29, 1.82) is 0 Å². The second-order valence-electron chi connectivity index (χ2n) is 4.49. The number of hydrogen-bond donors (Lipinski definition) is 1. The van der Waals surface area contributed by atoms with Crippen molar-refractivity contribution in [1.82, 2.24) is 5.32 Å². The second-order valence-corrected chi connectivity index (χ2v) is 4.49. The van der Waals surface area contributed by atoms with Crippen LogP contribution in [0.1, 0.15) is 10.4 Å². The SMILES string of the molecule is COc1cccc(C(=O)NCC#CCOc2ccccc2F)c1. The summed E-state index contributed by atoms with van der Waals surface area (Å²) in [6, 6.07) is 12.9. The monoisotopic (exact) mass is 313 g/mol. The number of benzene rings is 2. The molecule has 0 radical (unpaired) electrons. The highest BCUT2D eigenvalue weighted by atomic mass is 19.1. The van der Waals surface area contributed by atoms with Crippen LogP contribution in [0.2, 0.25) is 0 Å². The average Bonchev–Trinajstić information content (AvgIpc) is 2.59. The lowest BCUT2D eigenvalue weighted by Crippen LogP contribution is -2.23. The van der Waals surface area contributed by atoms with E-state index in [0.717, 1.165) is 0 Å². The summed E-state index contributed by atoms with van der Waals surface area (Å²) >= 11 is 0. The van der Waals surface area contributed by atoms with Crippen molar-refractivity contribution in [3.63, 3.8) is 0 Å². The lowest BCUT2D eigenvalue weighted by Gasteiger charge is -2.04. The van der Waals surface area contributed by atoms with Gasteiger partial charge in [0, 0.05) is 5.56 Å². The molecule has 0 aromatic heterocycles. The van der Waals surface area contributed by atoms with Gasteiger partial charge in [-0.05, 0) is 30.3 Å². The Morgan fingerprint density at radius 3 is 2.78 bits per heavy atom. The summed E-state index contributed by atoms with van der Waals surface area (Å²) in [5.41, 5.74) is 0.494. The first-order valence-corrected chi connectivity index (χ1v) is 6.96. The normalized spacial score (nSPS) is 9.48. The number of ether oxygens (including phenoxy) is 2. The van der Waals surface area contributed by atoms with Crippen molar-refractivity contribution in [2.24, 2.45) is 0 Å². The minimum Gasteiger partial charge on any atom is -0.497 e. The van der Waals surface area contributed by atoms with Crippen molar-refractivity contribution in [3.05, 3.63) is 59.9 Å². The van der Waals surface area contributed by atoms with E-state index in [9.17, 15) is 9.18 Å². The molecule has 0 atom stereocenters. The second kappa shape index (κ2) is 8.44. The summed E-state index contributed by atoms with van der Waals surface area (Å²) < 4.78 is 23.5. The highest BCUT2D eigenvalue weighted by Crippen LogP contribution is 2.14.